The van der Waals surface area contributed by atoms with Crippen LogP contribution in [0.1, 0.15) is 12.8 Å². The lowest BCUT2D eigenvalue weighted by molar-refractivity contribution is 0.248. The molecule has 1 aromatic heterocycles. The number of anilines is 1. The summed E-state index contributed by atoms with van der Waals surface area (Å²) in [5.74, 6) is 1.00. The molecule has 1 aliphatic heterocycles. The van der Waals surface area contributed by atoms with Gasteiger partial charge in [-0.3, -0.25) is 4.90 Å². The van der Waals surface area contributed by atoms with E-state index < -0.39 is 0 Å². The van der Waals surface area contributed by atoms with Crippen molar-refractivity contribution >= 4 is 29.1 Å². The lowest BCUT2D eigenvalue weighted by Crippen LogP contribution is -2.47. The summed E-state index contributed by atoms with van der Waals surface area (Å²) in [6.45, 7) is 5.93. The Balaban J connectivity index is 0.00000121. The molecule has 0 bridgehead atoms. The molecule has 108 valence electrons. The number of benzene rings is 1. The van der Waals surface area contributed by atoms with Crippen molar-refractivity contribution in [1.29, 1.82) is 0 Å². The molecule has 0 atom stereocenters. The topological polar surface area (TPSA) is 19.6 Å². The molecule has 3 nitrogen and oxygen atoms in total. The van der Waals surface area contributed by atoms with Crippen molar-refractivity contribution in [2.75, 3.05) is 37.6 Å². The summed E-state index contributed by atoms with van der Waals surface area (Å²) < 4.78 is 5.65. The Morgan fingerprint density at radius 2 is 1.85 bits per heavy atom. The highest BCUT2D eigenvalue weighted by atomic mass is 35.5. The number of nitrogens with zero attached hydrogens (tertiary/aromatic N) is 2. The summed E-state index contributed by atoms with van der Waals surface area (Å²) in [5, 5.41) is 1.21. The van der Waals surface area contributed by atoms with Gasteiger partial charge in [0.15, 0.2) is 5.58 Å². The summed E-state index contributed by atoms with van der Waals surface area (Å²) in [6, 6.07) is 8.47. The molecule has 2 aliphatic rings. The SMILES string of the molecule is Cl.c1cc(N2CCN(CC3CC3)CC2)c2occc2c1. The van der Waals surface area contributed by atoms with E-state index in [2.05, 4.69) is 28.0 Å². The Labute approximate surface area is 125 Å². The van der Waals surface area contributed by atoms with E-state index in [4.69, 9.17) is 4.42 Å². The minimum atomic E-state index is 0. The molecular formula is C16H21ClN2O. The van der Waals surface area contributed by atoms with Gasteiger partial charge in [0.2, 0.25) is 0 Å². The van der Waals surface area contributed by atoms with Crippen LogP contribution in [0.15, 0.2) is 34.9 Å². The van der Waals surface area contributed by atoms with Crippen molar-refractivity contribution in [2.24, 2.45) is 5.92 Å². The number of rotatable bonds is 3. The van der Waals surface area contributed by atoms with E-state index in [1.54, 1.807) is 6.26 Å². The Hall–Kier alpha value is -1.19. The average molecular weight is 293 g/mol. The Morgan fingerprint density at radius 1 is 1.05 bits per heavy atom. The fourth-order valence-electron chi connectivity index (χ4n) is 3.06. The molecule has 2 fully saturated rings. The van der Waals surface area contributed by atoms with Gasteiger partial charge in [0.1, 0.15) is 0 Å². The first-order valence-corrected chi connectivity index (χ1v) is 7.34. The molecule has 1 saturated carbocycles. The highest BCUT2D eigenvalue weighted by molar-refractivity contribution is 5.89. The van der Waals surface area contributed by atoms with Crippen molar-refractivity contribution < 1.29 is 4.42 Å². The maximum atomic E-state index is 5.65. The van der Waals surface area contributed by atoms with Gasteiger partial charge in [0.25, 0.3) is 0 Å². The van der Waals surface area contributed by atoms with Crippen molar-refractivity contribution in [3.8, 4) is 0 Å². The number of fused-ring (bicyclic) bond motifs is 1. The summed E-state index contributed by atoms with van der Waals surface area (Å²) in [4.78, 5) is 5.09. The van der Waals surface area contributed by atoms with Gasteiger partial charge in [-0.1, -0.05) is 12.1 Å². The van der Waals surface area contributed by atoms with Crippen LogP contribution < -0.4 is 4.90 Å². The summed E-state index contributed by atoms with van der Waals surface area (Å²) in [7, 11) is 0. The van der Waals surface area contributed by atoms with Gasteiger partial charge < -0.3 is 9.32 Å². The molecule has 1 aliphatic carbocycles. The average Bonchev–Trinajstić information content (AvgIpc) is 3.13. The maximum absolute atomic E-state index is 5.65. The van der Waals surface area contributed by atoms with Crippen LogP contribution in [0.2, 0.25) is 0 Å². The van der Waals surface area contributed by atoms with Gasteiger partial charge in [-0.2, -0.15) is 0 Å². The largest absolute Gasteiger partial charge is 0.462 e. The van der Waals surface area contributed by atoms with E-state index in [1.165, 1.54) is 43.5 Å². The van der Waals surface area contributed by atoms with E-state index in [1.807, 2.05) is 6.07 Å². The third kappa shape index (κ3) is 2.65. The Bertz CT molecular complexity index is 571. The van der Waals surface area contributed by atoms with Gasteiger partial charge in [-0.05, 0) is 30.9 Å². The van der Waals surface area contributed by atoms with E-state index in [0.29, 0.717) is 0 Å². The molecule has 0 radical (unpaired) electrons. The van der Waals surface area contributed by atoms with E-state index in [-0.39, 0.29) is 12.4 Å². The normalized spacial score (nSPS) is 20.1. The molecule has 2 heterocycles. The molecule has 2 aromatic rings. The lowest BCUT2D eigenvalue weighted by Gasteiger charge is -2.36. The monoisotopic (exact) mass is 292 g/mol. The molecule has 1 aromatic carbocycles. The van der Waals surface area contributed by atoms with Gasteiger partial charge >= 0.3 is 0 Å². The third-order valence-electron chi connectivity index (χ3n) is 4.38. The molecule has 0 N–H and O–H groups in total. The molecule has 0 unspecified atom stereocenters. The third-order valence-corrected chi connectivity index (χ3v) is 4.38. The summed E-state index contributed by atoms with van der Waals surface area (Å²) >= 11 is 0. The number of furan rings is 1. The minimum absolute atomic E-state index is 0. The van der Waals surface area contributed by atoms with E-state index >= 15 is 0 Å². The number of hydrogen-bond donors (Lipinski definition) is 0. The van der Waals surface area contributed by atoms with Gasteiger partial charge in [0, 0.05) is 38.1 Å². The predicted molar refractivity (Wildman–Crippen MR) is 84.8 cm³/mol. The highest BCUT2D eigenvalue weighted by Crippen LogP contribution is 2.31. The van der Waals surface area contributed by atoms with Crippen molar-refractivity contribution in [2.45, 2.75) is 12.8 Å². The van der Waals surface area contributed by atoms with Gasteiger partial charge in [0.05, 0.1) is 12.0 Å². The van der Waals surface area contributed by atoms with Gasteiger partial charge in [-0.25, -0.2) is 0 Å². The smallest absolute Gasteiger partial charge is 0.157 e. The number of halogens is 1. The number of piperazine rings is 1. The van der Waals surface area contributed by atoms with Crippen LogP contribution in [-0.2, 0) is 0 Å². The standard InChI is InChI=1S/C16H20N2O.ClH/c1-2-14-6-11-19-16(14)15(3-1)18-9-7-17(8-10-18)12-13-4-5-13;/h1-3,6,11,13H,4-5,7-10,12H2;1H. The van der Waals surface area contributed by atoms with E-state index in [9.17, 15) is 0 Å². The van der Waals surface area contributed by atoms with Crippen LogP contribution in [0.4, 0.5) is 5.69 Å². The fourth-order valence-corrected chi connectivity index (χ4v) is 3.06. The molecule has 1 saturated heterocycles. The quantitative estimate of drug-likeness (QED) is 0.864. The zero-order valence-electron chi connectivity index (χ0n) is 11.6. The molecule has 20 heavy (non-hydrogen) atoms. The molecule has 0 amide bonds. The van der Waals surface area contributed by atoms with E-state index in [0.717, 1.165) is 24.6 Å². The summed E-state index contributed by atoms with van der Waals surface area (Å²) in [6.07, 6.45) is 4.69. The van der Waals surface area contributed by atoms with Crippen LogP contribution in [0.5, 0.6) is 0 Å². The van der Waals surface area contributed by atoms with Crippen LogP contribution in [0.25, 0.3) is 11.0 Å². The second-order valence-electron chi connectivity index (χ2n) is 5.85. The molecule has 0 spiro atoms. The zero-order valence-corrected chi connectivity index (χ0v) is 12.4. The predicted octanol–water partition coefficient (Wildman–Crippen LogP) is 3.39. The Morgan fingerprint density at radius 3 is 2.60 bits per heavy atom. The molecule has 4 rings (SSSR count). The molecule has 4 heteroatoms. The van der Waals surface area contributed by atoms with Crippen LogP contribution >= 0.6 is 12.4 Å². The number of para-hydroxylation sites is 1. The van der Waals surface area contributed by atoms with Crippen LogP contribution in [0, 0.1) is 5.92 Å². The first-order valence-electron chi connectivity index (χ1n) is 7.34. The van der Waals surface area contributed by atoms with Crippen molar-refractivity contribution in [1.82, 2.24) is 4.90 Å². The van der Waals surface area contributed by atoms with Crippen LogP contribution in [-0.4, -0.2) is 37.6 Å². The van der Waals surface area contributed by atoms with Gasteiger partial charge in [-0.15, -0.1) is 12.4 Å². The lowest BCUT2D eigenvalue weighted by atomic mass is 10.2. The molecular weight excluding hydrogens is 272 g/mol. The second kappa shape index (κ2) is 5.66. The Kier molecular flexibility index (Phi) is 3.90. The second-order valence-corrected chi connectivity index (χ2v) is 5.85. The van der Waals surface area contributed by atoms with Crippen LogP contribution in [0.3, 0.4) is 0 Å². The first kappa shape index (κ1) is 13.8. The minimum Gasteiger partial charge on any atom is -0.462 e. The first-order chi connectivity index (χ1) is 9.40. The number of hydrogen-bond acceptors (Lipinski definition) is 3. The zero-order chi connectivity index (χ0) is 12.7. The maximum Gasteiger partial charge on any atom is 0.157 e. The highest BCUT2D eigenvalue weighted by Gasteiger charge is 2.26. The van der Waals surface area contributed by atoms with Crippen molar-refractivity contribution in [3.63, 3.8) is 0 Å². The summed E-state index contributed by atoms with van der Waals surface area (Å²) in [5.41, 5.74) is 2.30. The van der Waals surface area contributed by atoms with Crippen molar-refractivity contribution in [3.05, 3.63) is 30.5 Å². The fraction of sp³-hybridized carbons (Fsp3) is 0.500.